The van der Waals surface area contributed by atoms with Crippen molar-refractivity contribution in [2.45, 2.75) is 13.8 Å². The van der Waals surface area contributed by atoms with Crippen LogP contribution in [0.15, 0.2) is 12.3 Å². The molecule has 2 heterocycles. The minimum absolute atomic E-state index is 0.109. The molecule has 0 radical (unpaired) electrons. The molecule has 0 aromatic carbocycles. The number of nitrogens with two attached hydrogens (primary N) is 1. The van der Waals surface area contributed by atoms with Gasteiger partial charge in [-0.1, -0.05) is 0 Å². The molecule has 0 bridgehead atoms. The predicted molar refractivity (Wildman–Crippen MR) is 79.5 cm³/mol. The summed E-state index contributed by atoms with van der Waals surface area (Å²) < 4.78 is 13.8. The number of rotatable bonds is 5. The lowest BCUT2D eigenvalue weighted by molar-refractivity contribution is 0.0516. The SMILES string of the molecule is CCOC(=O)c1cnc(N)c(-c2nsc(C(=O)OCC)n2)c1. The molecule has 0 aliphatic heterocycles. The summed E-state index contributed by atoms with van der Waals surface area (Å²) in [6, 6.07) is 1.48. The number of carbonyl (C=O) groups excluding carboxylic acids is 2. The summed E-state index contributed by atoms with van der Waals surface area (Å²) in [6.07, 6.45) is 1.31. The van der Waals surface area contributed by atoms with E-state index in [9.17, 15) is 9.59 Å². The van der Waals surface area contributed by atoms with Crippen molar-refractivity contribution >= 4 is 29.3 Å². The van der Waals surface area contributed by atoms with Crippen LogP contribution in [0.1, 0.15) is 34.0 Å². The van der Waals surface area contributed by atoms with Gasteiger partial charge in [-0.2, -0.15) is 4.37 Å². The van der Waals surface area contributed by atoms with Crippen molar-refractivity contribution < 1.29 is 19.1 Å². The minimum atomic E-state index is -0.556. The van der Waals surface area contributed by atoms with Gasteiger partial charge in [-0.25, -0.2) is 19.6 Å². The number of anilines is 1. The van der Waals surface area contributed by atoms with Crippen molar-refractivity contribution in [3.63, 3.8) is 0 Å². The third-order valence-electron chi connectivity index (χ3n) is 2.55. The van der Waals surface area contributed by atoms with Crippen LogP contribution in [0.3, 0.4) is 0 Å². The summed E-state index contributed by atoms with van der Waals surface area (Å²) in [7, 11) is 0. The van der Waals surface area contributed by atoms with Crippen molar-refractivity contribution in [1.29, 1.82) is 0 Å². The van der Waals surface area contributed by atoms with E-state index in [2.05, 4.69) is 14.3 Å². The molecule has 2 aromatic rings. The first-order chi connectivity index (χ1) is 10.6. The molecule has 0 saturated carbocycles. The molecule has 0 unspecified atom stereocenters. The van der Waals surface area contributed by atoms with Crippen molar-refractivity contribution in [2.24, 2.45) is 0 Å². The fourth-order valence-electron chi connectivity index (χ4n) is 1.59. The molecule has 116 valence electrons. The average molecular weight is 322 g/mol. The van der Waals surface area contributed by atoms with Crippen LogP contribution >= 0.6 is 11.5 Å². The van der Waals surface area contributed by atoms with Gasteiger partial charge >= 0.3 is 11.9 Å². The average Bonchev–Trinajstić information content (AvgIpc) is 2.98. The number of pyridine rings is 1. The highest BCUT2D eigenvalue weighted by molar-refractivity contribution is 7.07. The Hall–Kier alpha value is -2.55. The number of esters is 2. The molecule has 0 spiro atoms. The van der Waals surface area contributed by atoms with E-state index in [1.165, 1.54) is 12.3 Å². The number of aromatic nitrogens is 3. The normalized spacial score (nSPS) is 10.3. The lowest BCUT2D eigenvalue weighted by atomic mass is 10.2. The van der Waals surface area contributed by atoms with E-state index in [4.69, 9.17) is 15.2 Å². The zero-order valence-corrected chi connectivity index (χ0v) is 12.8. The van der Waals surface area contributed by atoms with Crippen LogP contribution in [-0.4, -0.2) is 39.5 Å². The topological polar surface area (TPSA) is 117 Å². The summed E-state index contributed by atoms with van der Waals surface area (Å²) in [4.78, 5) is 31.3. The summed E-state index contributed by atoms with van der Waals surface area (Å²) in [5.74, 6) is -0.707. The molecule has 0 saturated heterocycles. The Morgan fingerprint density at radius 2 is 1.91 bits per heavy atom. The minimum Gasteiger partial charge on any atom is -0.462 e. The number of hydrogen-bond donors (Lipinski definition) is 1. The molecule has 22 heavy (non-hydrogen) atoms. The zero-order chi connectivity index (χ0) is 16.1. The van der Waals surface area contributed by atoms with Gasteiger partial charge in [0.05, 0.1) is 24.3 Å². The smallest absolute Gasteiger partial charge is 0.369 e. The quantitative estimate of drug-likeness (QED) is 0.824. The lowest BCUT2D eigenvalue weighted by Crippen LogP contribution is -2.07. The molecular weight excluding hydrogens is 308 g/mol. The second-order valence-corrected chi connectivity index (χ2v) is 4.77. The number of nitrogen functional groups attached to an aromatic ring is 1. The second kappa shape index (κ2) is 6.94. The maximum absolute atomic E-state index is 11.7. The summed E-state index contributed by atoms with van der Waals surface area (Å²) in [5, 5.41) is 0.109. The molecule has 8 nitrogen and oxygen atoms in total. The fraction of sp³-hybridized carbons (Fsp3) is 0.308. The molecular formula is C13H14N4O4S. The van der Waals surface area contributed by atoms with Crippen molar-refractivity contribution in [2.75, 3.05) is 18.9 Å². The van der Waals surface area contributed by atoms with Crippen LogP contribution in [0.2, 0.25) is 0 Å². The van der Waals surface area contributed by atoms with E-state index in [-0.39, 0.29) is 35.4 Å². The Labute approximate surface area is 130 Å². The maximum Gasteiger partial charge on any atom is 0.369 e. The van der Waals surface area contributed by atoms with Crippen molar-refractivity contribution in [3.05, 3.63) is 22.8 Å². The number of hydrogen-bond acceptors (Lipinski definition) is 9. The third-order valence-corrected chi connectivity index (χ3v) is 3.24. The van der Waals surface area contributed by atoms with Gasteiger partial charge in [-0.05, 0) is 31.4 Å². The highest BCUT2D eigenvalue weighted by Crippen LogP contribution is 2.24. The summed E-state index contributed by atoms with van der Waals surface area (Å²) in [6.45, 7) is 3.90. The largest absolute Gasteiger partial charge is 0.462 e. The van der Waals surface area contributed by atoms with E-state index in [0.717, 1.165) is 11.5 Å². The van der Waals surface area contributed by atoms with E-state index in [1.54, 1.807) is 13.8 Å². The van der Waals surface area contributed by atoms with Gasteiger partial charge < -0.3 is 15.2 Å². The van der Waals surface area contributed by atoms with Crippen molar-refractivity contribution in [3.8, 4) is 11.4 Å². The van der Waals surface area contributed by atoms with Gasteiger partial charge in [0.1, 0.15) is 5.82 Å². The Balaban J connectivity index is 2.34. The van der Waals surface area contributed by atoms with Gasteiger partial charge in [0.15, 0.2) is 5.82 Å². The molecule has 9 heteroatoms. The van der Waals surface area contributed by atoms with Crippen LogP contribution in [0.5, 0.6) is 0 Å². The van der Waals surface area contributed by atoms with Gasteiger partial charge in [0.25, 0.3) is 0 Å². The molecule has 0 fully saturated rings. The first-order valence-electron chi connectivity index (χ1n) is 6.50. The standard InChI is InChI=1S/C13H14N4O4S/c1-3-20-12(18)7-5-8(9(14)15-6-7)10-16-11(22-17-10)13(19)21-4-2/h5-6H,3-4H2,1-2H3,(H2,14,15). The highest BCUT2D eigenvalue weighted by atomic mass is 32.1. The van der Waals surface area contributed by atoms with Gasteiger partial charge in [0, 0.05) is 6.20 Å². The molecule has 0 aliphatic carbocycles. The molecule has 0 amide bonds. The highest BCUT2D eigenvalue weighted by Gasteiger charge is 2.18. The Morgan fingerprint density at radius 1 is 1.23 bits per heavy atom. The van der Waals surface area contributed by atoms with Crippen molar-refractivity contribution in [1.82, 2.24) is 14.3 Å². The van der Waals surface area contributed by atoms with E-state index in [0.29, 0.717) is 5.56 Å². The van der Waals surface area contributed by atoms with Gasteiger partial charge in [-0.3, -0.25) is 0 Å². The number of carbonyl (C=O) groups is 2. The molecule has 2 N–H and O–H groups in total. The van der Waals surface area contributed by atoms with Gasteiger partial charge in [-0.15, -0.1) is 0 Å². The zero-order valence-electron chi connectivity index (χ0n) is 12.0. The first kappa shape index (κ1) is 15.8. The van der Waals surface area contributed by atoms with Crippen LogP contribution in [0.25, 0.3) is 11.4 Å². The molecule has 2 rings (SSSR count). The fourth-order valence-corrected chi connectivity index (χ4v) is 2.16. The van der Waals surface area contributed by atoms with Crippen LogP contribution in [0, 0.1) is 0 Å². The van der Waals surface area contributed by atoms with E-state index < -0.39 is 11.9 Å². The molecule has 2 aromatic heterocycles. The summed E-state index contributed by atoms with van der Waals surface area (Å²) >= 11 is 0.890. The van der Waals surface area contributed by atoms with Crippen LogP contribution in [0.4, 0.5) is 5.82 Å². The number of nitrogens with zero attached hydrogens (tertiary/aromatic N) is 3. The van der Waals surface area contributed by atoms with Crippen LogP contribution < -0.4 is 5.73 Å². The van der Waals surface area contributed by atoms with Crippen LogP contribution in [-0.2, 0) is 9.47 Å². The monoisotopic (exact) mass is 322 g/mol. The first-order valence-corrected chi connectivity index (χ1v) is 7.28. The lowest BCUT2D eigenvalue weighted by Gasteiger charge is -2.04. The Kier molecular flexibility index (Phi) is 4.99. The van der Waals surface area contributed by atoms with E-state index >= 15 is 0 Å². The second-order valence-electron chi connectivity index (χ2n) is 4.02. The molecule has 0 atom stereocenters. The number of ether oxygens (including phenoxy) is 2. The Bertz CT molecular complexity index is 701. The summed E-state index contributed by atoms with van der Waals surface area (Å²) in [5.41, 5.74) is 6.38. The maximum atomic E-state index is 11.7. The third kappa shape index (κ3) is 3.37. The molecule has 0 aliphatic rings. The van der Waals surface area contributed by atoms with Gasteiger partial charge in [0.2, 0.25) is 5.01 Å². The predicted octanol–water partition coefficient (Wildman–Crippen LogP) is 1.54. The Morgan fingerprint density at radius 3 is 2.59 bits per heavy atom. The van der Waals surface area contributed by atoms with E-state index in [1.807, 2.05) is 0 Å².